The number of benzene rings is 2. The average molecular weight is 295 g/mol. The molecule has 0 aliphatic carbocycles. The van der Waals surface area contributed by atoms with E-state index in [1.165, 1.54) is 0 Å². The minimum atomic E-state index is -0.0198. The molecule has 2 nitrogen and oxygen atoms in total. The Morgan fingerprint density at radius 1 is 1.11 bits per heavy atom. The molecule has 0 aliphatic heterocycles. The van der Waals surface area contributed by atoms with E-state index in [1.807, 2.05) is 49.4 Å². The number of hydrazine groups is 1. The zero-order valence-corrected chi connectivity index (χ0v) is 12.2. The topological polar surface area (TPSA) is 38.0 Å². The maximum absolute atomic E-state index is 6.34. The van der Waals surface area contributed by atoms with Crippen molar-refractivity contribution in [2.24, 2.45) is 5.84 Å². The summed E-state index contributed by atoms with van der Waals surface area (Å²) in [6, 6.07) is 13.7. The molecule has 0 spiro atoms. The highest BCUT2D eigenvalue weighted by atomic mass is 35.5. The van der Waals surface area contributed by atoms with E-state index in [0.29, 0.717) is 0 Å². The Labute approximate surface area is 123 Å². The van der Waals surface area contributed by atoms with Crippen LogP contribution in [0.25, 0.3) is 0 Å². The van der Waals surface area contributed by atoms with Crippen molar-refractivity contribution in [1.29, 1.82) is 0 Å². The van der Waals surface area contributed by atoms with E-state index in [2.05, 4.69) is 5.43 Å². The maximum atomic E-state index is 6.34. The Morgan fingerprint density at radius 2 is 1.79 bits per heavy atom. The van der Waals surface area contributed by atoms with Crippen molar-refractivity contribution in [3.05, 3.63) is 69.2 Å². The van der Waals surface area contributed by atoms with Crippen molar-refractivity contribution < 1.29 is 0 Å². The smallest absolute Gasteiger partial charge is 0.0515 e. The van der Waals surface area contributed by atoms with Gasteiger partial charge in [0.05, 0.1) is 6.04 Å². The molecule has 2 rings (SSSR count). The first kappa shape index (κ1) is 14.4. The fourth-order valence-corrected chi connectivity index (χ4v) is 2.44. The van der Waals surface area contributed by atoms with Gasteiger partial charge in [-0.15, -0.1) is 0 Å². The molecule has 0 aliphatic rings. The second-order valence-electron chi connectivity index (χ2n) is 4.53. The predicted octanol–water partition coefficient (Wildman–Crippen LogP) is 4.05. The lowest BCUT2D eigenvalue weighted by Crippen LogP contribution is -2.29. The Bertz CT molecular complexity index is 553. The number of nitrogens with one attached hydrogen (secondary N) is 1. The summed E-state index contributed by atoms with van der Waals surface area (Å²) in [7, 11) is 0. The zero-order valence-electron chi connectivity index (χ0n) is 10.7. The average Bonchev–Trinajstić information content (AvgIpc) is 2.42. The molecule has 100 valence electrons. The van der Waals surface area contributed by atoms with Crippen molar-refractivity contribution in [2.45, 2.75) is 19.4 Å². The van der Waals surface area contributed by atoms with Gasteiger partial charge >= 0.3 is 0 Å². The monoisotopic (exact) mass is 294 g/mol. The van der Waals surface area contributed by atoms with Gasteiger partial charge in [-0.25, -0.2) is 0 Å². The molecule has 0 saturated heterocycles. The summed E-state index contributed by atoms with van der Waals surface area (Å²) in [6.45, 7) is 1.99. The second-order valence-corrected chi connectivity index (χ2v) is 5.34. The summed E-state index contributed by atoms with van der Waals surface area (Å²) in [4.78, 5) is 0. The molecule has 2 aromatic rings. The molecule has 0 heterocycles. The lowest BCUT2D eigenvalue weighted by atomic mass is 9.98. The lowest BCUT2D eigenvalue weighted by Gasteiger charge is -2.18. The number of halogens is 2. The third-order valence-electron chi connectivity index (χ3n) is 3.15. The van der Waals surface area contributed by atoms with Crippen LogP contribution in [0.1, 0.15) is 22.7 Å². The van der Waals surface area contributed by atoms with Crippen LogP contribution in [0.4, 0.5) is 0 Å². The minimum Gasteiger partial charge on any atom is -0.271 e. The number of hydrogen-bond donors (Lipinski definition) is 2. The molecule has 2 aromatic carbocycles. The van der Waals surface area contributed by atoms with Gasteiger partial charge in [0.1, 0.15) is 0 Å². The zero-order chi connectivity index (χ0) is 13.8. The van der Waals surface area contributed by atoms with Gasteiger partial charge in [-0.2, -0.15) is 0 Å². The molecule has 4 heteroatoms. The van der Waals surface area contributed by atoms with Crippen LogP contribution >= 0.6 is 23.2 Å². The van der Waals surface area contributed by atoms with Crippen molar-refractivity contribution in [1.82, 2.24) is 5.43 Å². The van der Waals surface area contributed by atoms with Crippen molar-refractivity contribution >= 4 is 23.2 Å². The van der Waals surface area contributed by atoms with Gasteiger partial charge in [0.2, 0.25) is 0 Å². The first-order valence-corrected chi connectivity index (χ1v) is 6.83. The lowest BCUT2D eigenvalue weighted by molar-refractivity contribution is 0.552. The van der Waals surface area contributed by atoms with Crippen LogP contribution in [0, 0.1) is 6.92 Å². The second kappa shape index (κ2) is 6.40. The third-order valence-corrected chi connectivity index (χ3v) is 3.92. The molecule has 0 aromatic heterocycles. The number of rotatable bonds is 4. The van der Waals surface area contributed by atoms with E-state index in [-0.39, 0.29) is 6.04 Å². The van der Waals surface area contributed by atoms with Gasteiger partial charge in [-0.05, 0) is 42.2 Å². The molecular formula is C15H16Cl2N2. The molecular weight excluding hydrogens is 279 g/mol. The van der Waals surface area contributed by atoms with E-state index in [1.54, 1.807) is 0 Å². The van der Waals surface area contributed by atoms with Gasteiger partial charge < -0.3 is 0 Å². The van der Waals surface area contributed by atoms with Gasteiger partial charge in [0, 0.05) is 10.0 Å². The van der Waals surface area contributed by atoms with Crippen LogP contribution in [0.15, 0.2) is 42.5 Å². The van der Waals surface area contributed by atoms with Gasteiger partial charge in [0.15, 0.2) is 0 Å². The van der Waals surface area contributed by atoms with E-state index in [4.69, 9.17) is 29.0 Å². The summed E-state index contributed by atoms with van der Waals surface area (Å²) >= 11 is 12.2. The quantitative estimate of drug-likeness (QED) is 0.659. The first-order valence-electron chi connectivity index (χ1n) is 6.07. The molecule has 0 bridgehead atoms. The molecule has 0 radical (unpaired) electrons. The number of aryl methyl sites for hydroxylation is 1. The van der Waals surface area contributed by atoms with Gasteiger partial charge in [-0.1, -0.05) is 53.5 Å². The highest BCUT2D eigenvalue weighted by Crippen LogP contribution is 2.28. The Morgan fingerprint density at radius 3 is 2.42 bits per heavy atom. The Balaban J connectivity index is 2.25. The molecule has 3 N–H and O–H groups in total. The molecule has 0 saturated carbocycles. The van der Waals surface area contributed by atoms with Crippen LogP contribution in [0.2, 0.25) is 10.0 Å². The predicted molar refractivity (Wildman–Crippen MR) is 81.4 cm³/mol. The highest BCUT2D eigenvalue weighted by molar-refractivity contribution is 6.32. The Hall–Kier alpha value is -1.06. The van der Waals surface area contributed by atoms with Crippen LogP contribution in [0.5, 0.6) is 0 Å². The van der Waals surface area contributed by atoms with Gasteiger partial charge in [-0.3, -0.25) is 11.3 Å². The first-order chi connectivity index (χ1) is 9.11. The normalized spacial score (nSPS) is 12.4. The summed E-state index contributed by atoms with van der Waals surface area (Å²) in [5, 5.41) is 1.49. The Kier molecular flexibility index (Phi) is 4.83. The van der Waals surface area contributed by atoms with E-state index in [0.717, 1.165) is 33.2 Å². The summed E-state index contributed by atoms with van der Waals surface area (Å²) in [5.41, 5.74) is 6.05. The van der Waals surface area contributed by atoms with Crippen molar-refractivity contribution in [2.75, 3.05) is 0 Å². The molecule has 1 unspecified atom stereocenters. The van der Waals surface area contributed by atoms with E-state index >= 15 is 0 Å². The van der Waals surface area contributed by atoms with Crippen LogP contribution < -0.4 is 11.3 Å². The van der Waals surface area contributed by atoms with E-state index < -0.39 is 0 Å². The van der Waals surface area contributed by atoms with Crippen molar-refractivity contribution in [3.8, 4) is 0 Å². The van der Waals surface area contributed by atoms with Crippen LogP contribution in [0.3, 0.4) is 0 Å². The largest absolute Gasteiger partial charge is 0.271 e. The fourth-order valence-electron chi connectivity index (χ4n) is 2.05. The van der Waals surface area contributed by atoms with Crippen LogP contribution in [-0.2, 0) is 6.42 Å². The maximum Gasteiger partial charge on any atom is 0.0515 e. The SMILES string of the molecule is Cc1cccc(C(Cc2ccc(Cl)cc2)NN)c1Cl. The molecule has 0 fully saturated rings. The molecule has 19 heavy (non-hydrogen) atoms. The number of nitrogens with two attached hydrogens (primary N) is 1. The van der Waals surface area contributed by atoms with Crippen molar-refractivity contribution in [3.63, 3.8) is 0 Å². The summed E-state index contributed by atoms with van der Waals surface area (Å²) in [5.74, 6) is 5.67. The third kappa shape index (κ3) is 3.48. The summed E-state index contributed by atoms with van der Waals surface area (Å²) < 4.78 is 0. The molecule has 0 amide bonds. The standard InChI is InChI=1S/C15H16Cl2N2/c1-10-3-2-4-13(15(10)17)14(19-18)9-11-5-7-12(16)8-6-11/h2-8,14,19H,9,18H2,1H3. The highest BCUT2D eigenvalue weighted by Gasteiger charge is 2.14. The fraction of sp³-hybridized carbons (Fsp3) is 0.200. The molecule has 1 atom stereocenters. The number of hydrogen-bond acceptors (Lipinski definition) is 2. The van der Waals surface area contributed by atoms with Crippen LogP contribution in [-0.4, -0.2) is 0 Å². The minimum absolute atomic E-state index is 0.0198. The van der Waals surface area contributed by atoms with E-state index in [9.17, 15) is 0 Å². The summed E-state index contributed by atoms with van der Waals surface area (Å²) in [6.07, 6.45) is 0.761. The van der Waals surface area contributed by atoms with Gasteiger partial charge in [0.25, 0.3) is 0 Å².